The van der Waals surface area contributed by atoms with Crippen molar-refractivity contribution in [1.29, 1.82) is 0 Å². The number of phenolic OH excluding ortho intramolecular Hbond substituents is 1. The maximum absolute atomic E-state index is 13.6. The summed E-state index contributed by atoms with van der Waals surface area (Å²) >= 11 is 0. The van der Waals surface area contributed by atoms with Crippen molar-refractivity contribution in [2.75, 3.05) is 0 Å². The van der Waals surface area contributed by atoms with Crippen LogP contribution in [0, 0.1) is 12.7 Å². The molecule has 0 fully saturated rings. The molecule has 0 spiro atoms. The van der Waals surface area contributed by atoms with Crippen LogP contribution in [0.25, 0.3) is 0 Å². The van der Waals surface area contributed by atoms with E-state index in [1.54, 1.807) is 6.07 Å². The molecule has 0 aliphatic heterocycles. The highest BCUT2D eigenvalue weighted by Gasteiger charge is 2.12. The fourth-order valence-corrected chi connectivity index (χ4v) is 1.73. The fraction of sp³-hybridized carbons (Fsp3) is 0.308. The molecule has 1 heterocycles. The van der Waals surface area contributed by atoms with E-state index in [1.165, 1.54) is 6.07 Å². The lowest BCUT2D eigenvalue weighted by atomic mass is 10.1. The zero-order chi connectivity index (χ0) is 13.1. The lowest BCUT2D eigenvalue weighted by molar-refractivity contribution is 0.362. The summed E-state index contributed by atoms with van der Waals surface area (Å²) in [5.74, 6) is 0.205. The number of halogens is 1. The zero-order valence-electron chi connectivity index (χ0n) is 10.3. The second-order valence-corrected chi connectivity index (χ2v) is 4.24. The van der Waals surface area contributed by atoms with Crippen molar-refractivity contribution >= 4 is 0 Å². The molecular formula is C13H15FN2O2. The zero-order valence-corrected chi connectivity index (χ0v) is 10.3. The number of phenols is 1. The normalized spacial score (nSPS) is 12.6. The van der Waals surface area contributed by atoms with Gasteiger partial charge >= 0.3 is 0 Å². The number of benzene rings is 1. The van der Waals surface area contributed by atoms with Gasteiger partial charge in [0.1, 0.15) is 11.6 Å². The molecule has 0 saturated heterocycles. The number of rotatable bonds is 4. The first kappa shape index (κ1) is 12.6. The van der Waals surface area contributed by atoms with E-state index >= 15 is 0 Å². The van der Waals surface area contributed by atoms with Gasteiger partial charge in [0.15, 0.2) is 5.76 Å². The molecule has 0 amide bonds. The van der Waals surface area contributed by atoms with Gasteiger partial charge in [0, 0.05) is 23.7 Å². The standard InChI is InChI=1S/C13H15FN2O2/c1-8-5-11(18-16-8)7-15-9(2)12-4-3-10(17)6-13(12)14/h3-6,9,15,17H,7H2,1-2H3. The quantitative estimate of drug-likeness (QED) is 0.875. The second kappa shape index (κ2) is 5.18. The predicted octanol–water partition coefficient (Wildman–Crippen LogP) is 2.68. The van der Waals surface area contributed by atoms with Crippen LogP contribution in [0.4, 0.5) is 4.39 Å². The van der Waals surface area contributed by atoms with Gasteiger partial charge in [-0.2, -0.15) is 0 Å². The van der Waals surface area contributed by atoms with Crippen molar-refractivity contribution in [2.24, 2.45) is 0 Å². The molecule has 1 atom stereocenters. The predicted molar refractivity (Wildman–Crippen MR) is 64.6 cm³/mol. The number of aryl methyl sites for hydroxylation is 1. The first-order chi connectivity index (χ1) is 8.56. The summed E-state index contributed by atoms with van der Waals surface area (Å²) in [7, 11) is 0. The van der Waals surface area contributed by atoms with Crippen molar-refractivity contribution in [3.63, 3.8) is 0 Å². The average molecular weight is 250 g/mol. The van der Waals surface area contributed by atoms with Crippen LogP contribution < -0.4 is 5.32 Å². The maximum Gasteiger partial charge on any atom is 0.150 e. The van der Waals surface area contributed by atoms with E-state index in [9.17, 15) is 4.39 Å². The van der Waals surface area contributed by atoms with E-state index in [1.807, 2.05) is 19.9 Å². The number of hydrogen-bond donors (Lipinski definition) is 2. The third-order valence-electron chi connectivity index (χ3n) is 2.71. The number of nitrogens with one attached hydrogen (secondary N) is 1. The van der Waals surface area contributed by atoms with Crippen molar-refractivity contribution < 1.29 is 14.0 Å². The number of hydrogen-bond acceptors (Lipinski definition) is 4. The van der Waals surface area contributed by atoms with Gasteiger partial charge in [-0.1, -0.05) is 11.2 Å². The van der Waals surface area contributed by atoms with Gasteiger partial charge in [0.2, 0.25) is 0 Å². The third-order valence-corrected chi connectivity index (χ3v) is 2.71. The van der Waals surface area contributed by atoms with Crippen molar-refractivity contribution in [2.45, 2.75) is 26.4 Å². The van der Waals surface area contributed by atoms with Crippen LogP contribution in [-0.2, 0) is 6.54 Å². The molecule has 2 N–H and O–H groups in total. The average Bonchev–Trinajstić information content (AvgIpc) is 2.72. The van der Waals surface area contributed by atoms with E-state index in [0.717, 1.165) is 11.8 Å². The summed E-state index contributed by atoms with van der Waals surface area (Å²) in [4.78, 5) is 0. The molecule has 96 valence electrons. The summed E-state index contributed by atoms with van der Waals surface area (Å²) in [6.07, 6.45) is 0. The van der Waals surface area contributed by atoms with Crippen molar-refractivity contribution in [1.82, 2.24) is 10.5 Å². The molecular weight excluding hydrogens is 235 g/mol. The Hall–Kier alpha value is -1.88. The lowest BCUT2D eigenvalue weighted by Gasteiger charge is -2.14. The second-order valence-electron chi connectivity index (χ2n) is 4.24. The van der Waals surface area contributed by atoms with E-state index in [-0.39, 0.29) is 11.8 Å². The Labute approximate surface area is 104 Å². The molecule has 2 aromatic rings. The molecule has 1 aromatic heterocycles. The van der Waals surface area contributed by atoms with Crippen LogP contribution in [0.5, 0.6) is 5.75 Å². The summed E-state index contributed by atoms with van der Waals surface area (Å²) in [6.45, 7) is 4.16. The van der Waals surface area contributed by atoms with E-state index in [2.05, 4.69) is 10.5 Å². The summed E-state index contributed by atoms with van der Waals surface area (Å²) in [5.41, 5.74) is 1.32. The van der Waals surface area contributed by atoms with Gasteiger partial charge in [0.25, 0.3) is 0 Å². The smallest absolute Gasteiger partial charge is 0.150 e. The van der Waals surface area contributed by atoms with E-state index < -0.39 is 5.82 Å². The first-order valence-corrected chi connectivity index (χ1v) is 5.70. The molecule has 0 saturated carbocycles. The van der Waals surface area contributed by atoms with Crippen LogP contribution >= 0.6 is 0 Å². The van der Waals surface area contributed by atoms with Crippen molar-refractivity contribution in [3.05, 3.63) is 47.1 Å². The maximum atomic E-state index is 13.6. The Bertz CT molecular complexity index is 540. The Morgan fingerprint density at radius 3 is 2.83 bits per heavy atom. The highest BCUT2D eigenvalue weighted by molar-refractivity contribution is 5.29. The molecule has 5 heteroatoms. The van der Waals surface area contributed by atoms with Crippen LogP contribution in [-0.4, -0.2) is 10.3 Å². The third kappa shape index (κ3) is 2.87. The molecule has 18 heavy (non-hydrogen) atoms. The van der Waals surface area contributed by atoms with Crippen LogP contribution in [0.1, 0.15) is 30.0 Å². The molecule has 1 aromatic carbocycles. The van der Waals surface area contributed by atoms with E-state index in [0.29, 0.717) is 17.9 Å². The van der Waals surface area contributed by atoms with E-state index in [4.69, 9.17) is 9.63 Å². The lowest BCUT2D eigenvalue weighted by Crippen LogP contribution is -2.18. The molecule has 0 radical (unpaired) electrons. The summed E-state index contributed by atoms with van der Waals surface area (Å²) in [5, 5.41) is 16.1. The fourth-order valence-electron chi connectivity index (χ4n) is 1.73. The highest BCUT2D eigenvalue weighted by atomic mass is 19.1. The Balaban J connectivity index is 2.01. The Kier molecular flexibility index (Phi) is 3.62. The van der Waals surface area contributed by atoms with Gasteiger partial charge in [-0.3, -0.25) is 0 Å². The Morgan fingerprint density at radius 2 is 2.22 bits per heavy atom. The van der Waals surface area contributed by atoms with Crippen LogP contribution in [0.3, 0.4) is 0 Å². The minimum Gasteiger partial charge on any atom is -0.508 e. The van der Waals surface area contributed by atoms with Gasteiger partial charge < -0.3 is 14.9 Å². The Morgan fingerprint density at radius 1 is 1.44 bits per heavy atom. The molecule has 0 aliphatic rings. The minimum absolute atomic E-state index is 0.0747. The molecule has 0 bridgehead atoms. The number of nitrogens with zero attached hydrogens (tertiary/aromatic N) is 1. The van der Waals surface area contributed by atoms with Gasteiger partial charge in [-0.05, 0) is 19.9 Å². The monoisotopic (exact) mass is 250 g/mol. The highest BCUT2D eigenvalue weighted by Crippen LogP contribution is 2.21. The van der Waals surface area contributed by atoms with Crippen molar-refractivity contribution in [3.8, 4) is 5.75 Å². The topological polar surface area (TPSA) is 58.3 Å². The molecule has 1 unspecified atom stereocenters. The molecule has 4 nitrogen and oxygen atoms in total. The summed E-state index contributed by atoms with van der Waals surface area (Å²) in [6, 6.07) is 5.78. The van der Waals surface area contributed by atoms with Gasteiger partial charge in [-0.25, -0.2) is 4.39 Å². The molecule has 2 rings (SSSR count). The first-order valence-electron chi connectivity index (χ1n) is 5.70. The van der Waals surface area contributed by atoms with Crippen LogP contribution in [0.15, 0.2) is 28.8 Å². The number of aromatic nitrogens is 1. The van der Waals surface area contributed by atoms with Gasteiger partial charge in [0.05, 0.1) is 12.2 Å². The largest absolute Gasteiger partial charge is 0.508 e. The van der Waals surface area contributed by atoms with Gasteiger partial charge in [-0.15, -0.1) is 0 Å². The van der Waals surface area contributed by atoms with Crippen LogP contribution in [0.2, 0.25) is 0 Å². The minimum atomic E-state index is -0.427. The summed E-state index contributed by atoms with van der Waals surface area (Å²) < 4.78 is 18.6. The number of aromatic hydroxyl groups is 1. The SMILES string of the molecule is Cc1cc(CNC(C)c2ccc(O)cc2F)on1. The molecule has 0 aliphatic carbocycles.